The zero-order chi connectivity index (χ0) is 28.9. The summed E-state index contributed by atoms with van der Waals surface area (Å²) in [6.07, 6.45) is 2.77. The number of carbonyl (C=O) groups is 2. The quantitative estimate of drug-likeness (QED) is 0.234. The van der Waals surface area contributed by atoms with E-state index in [0.717, 1.165) is 23.1 Å². The molecule has 0 radical (unpaired) electrons. The van der Waals surface area contributed by atoms with Crippen LogP contribution in [0.5, 0.6) is 0 Å². The summed E-state index contributed by atoms with van der Waals surface area (Å²) >= 11 is 0. The van der Waals surface area contributed by atoms with Crippen LogP contribution in [0.3, 0.4) is 0 Å². The molecule has 5 nitrogen and oxygen atoms in total. The van der Waals surface area contributed by atoms with Gasteiger partial charge in [-0.3, -0.25) is 9.59 Å². The van der Waals surface area contributed by atoms with Crippen molar-refractivity contribution < 1.29 is 9.59 Å². The first-order chi connectivity index (χ1) is 19.0. The molecule has 0 aliphatic carbocycles. The van der Waals surface area contributed by atoms with E-state index in [1.54, 1.807) is 4.90 Å². The maximum Gasteiger partial charge on any atom is 0.254 e. The van der Waals surface area contributed by atoms with Gasteiger partial charge in [0.25, 0.3) is 5.91 Å². The Hall–Kier alpha value is -3.86. The van der Waals surface area contributed by atoms with Crippen molar-refractivity contribution in [2.24, 2.45) is 5.92 Å². The fourth-order valence-corrected chi connectivity index (χ4v) is 5.12. The van der Waals surface area contributed by atoms with Gasteiger partial charge in [-0.05, 0) is 59.1 Å². The minimum absolute atomic E-state index is 0.0395. The molecule has 1 heterocycles. The van der Waals surface area contributed by atoms with E-state index in [1.165, 1.54) is 16.5 Å². The first-order valence-electron chi connectivity index (χ1n) is 14.3. The molecular formula is C35H43N3O2. The summed E-state index contributed by atoms with van der Waals surface area (Å²) in [6, 6.07) is 24.4. The van der Waals surface area contributed by atoms with Crippen molar-refractivity contribution in [2.75, 3.05) is 19.6 Å². The van der Waals surface area contributed by atoms with Crippen LogP contribution in [0.4, 0.5) is 0 Å². The minimum atomic E-state index is -0.0914. The molecule has 0 spiro atoms. The van der Waals surface area contributed by atoms with Crippen molar-refractivity contribution in [3.8, 4) is 0 Å². The number of amides is 2. The van der Waals surface area contributed by atoms with Crippen LogP contribution in [0.2, 0.25) is 0 Å². The highest BCUT2D eigenvalue weighted by molar-refractivity contribution is 5.97. The van der Waals surface area contributed by atoms with E-state index in [2.05, 4.69) is 76.0 Å². The summed E-state index contributed by atoms with van der Waals surface area (Å²) in [7, 11) is 0. The van der Waals surface area contributed by atoms with Gasteiger partial charge < -0.3 is 14.8 Å². The lowest BCUT2D eigenvalue weighted by Gasteiger charge is -2.29. The Morgan fingerprint density at radius 2 is 1.55 bits per heavy atom. The molecule has 3 aromatic carbocycles. The van der Waals surface area contributed by atoms with Gasteiger partial charge in [0.15, 0.2) is 0 Å². The zero-order valence-electron chi connectivity index (χ0n) is 24.8. The van der Waals surface area contributed by atoms with Gasteiger partial charge in [-0.15, -0.1) is 0 Å². The summed E-state index contributed by atoms with van der Waals surface area (Å²) in [4.78, 5) is 34.5. The Morgan fingerprint density at radius 3 is 2.23 bits per heavy atom. The van der Waals surface area contributed by atoms with Crippen LogP contribution in [0.25, 0.3) is 10.9 Å². The normalized spacial score (nSPS) is 11.7. The van der Waals surface area contributed by atoms with Crippen LogP contribution >= 0.6 is 0 Å². The molecule has 0 saturated heterocycles. The number of hydrogen-bond donors (Lipinski definition) is 1. The molecule has 5 heteroatoms. The predicted molar refractivity (Wildman–Crippen MR) is 164 cm³/mol. The Labute approximate surface area is 239 Å². The van der Waals surface area contributed by atoms with Crippen LogP contribution in [-0.4, -0.2) is 46.2 Å². The van der Waals surface area contributed by atoms with E-state index >= 15 is 0 Å². The lowest BCUT2D eigenvalue weighted by Crippen LogP contribution is -2.44. The SMILES string of the molecule is Cc1ccccc1C(=O)N(CC(=O)N(CCc1c[nH]c2ccccc12)Cc1ccc(C(C)(C)C)cc1)CC(C)C. The van der Waals surface area contributed by atoms with Gasteiger partial charge in [0.2, 0.25) is 5.91 Å². The molecule has 0 atom stereocenters. The van der Waals surface area contributed by atoms with E-state index in [1.807, 2.05) is 54.4 Å². The lowest BCUT2D eigenvalue weighted by atomic mass is 9.87. The molecule has 4 aromatic rings. The second-order valence-corrected chi connectivity index (χ2v) is 12.3. The van der Waals surface area contributed by atoms with Crippen molar-refractivity contribution in [1.29, 1.82) is 0 Å². The van der Waals surface area contributed by atoms with E-state index in [0.29, 0.717) is 25.2 Å². The Balaban J connectivity index is 1.58. The molecule has 0 fully saturated rings. The standard InChI is InChI=1S/C35H43N3O2/c1-25(2)22-38(34(40)30-12-8-7-11-26(30)3)24-33(39)37(23-27-15-17-29(18-16-27)35(4,5)6)20-19-28-21-36-32-14-10-9-13-31(28)32/h7-18,21,25,36H,19-20,22-24H2,1-6H3. The van der Waals surface area contributed by atoms with Gasteiger partial charge in [-0.2, -0.15) is 0 Å². The van der Waals surface area contributed by atoms with Crippen molar-refractivity contribution in [2.45, 2.75) is 59.9 Å². The summed E-state index contributed by atoms with van der Waals surface area (Å²) < 4.78 is 0. The summed E-state index contributed by atoms with van der Waals surface area (Å²) in [5, 5.41) is 1.18. The third kappa shape index (κ3) is 7.20. The van der Waals surface area contributed by atoms with Gasteiger partial charge in [0, 0.05) is 42.3 Å². The van der Waals surface area contributed by atoms with Crippen LogP contribution in [0.15, 0.2) is 79.0 Å². The third-order valence-corrected chi connectivity index (χ3v) is 7.45. The monoisotopic (exact) mass is 537 g/mol. The number of carbonyl (C=O) groups excluding carboxylic acids is 2. The number of nitrogens with zero attached hydrogens (tertiary/aromatic N) is 2. The van der Waals surface area contributed by atoms with E-state index in [9.17, 15) is 9.59 Å². The van der Waals surface area contributed by atoms with Crippen LogP contribution in [0, 0.1) is 12.8 Å². The largest absolute Gasteiger partial charge is 0.361 e. The molecule has 0 unspecified atom stereocenters. The van der Waals surface area contributed by atoms with Gasteiger partial charge in [0.05, 0.1) is 0 Å². The topological polar surface area (TPSA) is 56.4 Å². The second kappa shape index (κ2) is 12.5. The molecule has 0 aliphatic rings. The molecule has 1 aromatic heterocycles. The van der Waals surface area contributed by atoms with Gasteiger partial charge >= 0.3 is 0 Å². The fourth-order valence-electron chi connectivity index (χ4n) is 5.12. The lowest BCUT2D eigenvalue weighted by molar-refractivity contribution is -0.132. The number of H-pyrrole nitrogens is 1. The molecule has 4 rings (SSSR count). The first kappa shape index (κ1) is 29.1. The number of para-hydroxylation sites is 1. The molecule has 0 saturated carbocycles. The zero-order valence-corrected chi connectivity index (χ0v) is 24.8. The molecule has 1 N–H and O–H groups in total. The highest BCUT2D eigenvalue weighted by atomic mass is 16.2. The summed E-state index contributed by atoms with van der Waals surface area (Å²) in [6.45, 7) is 14.3. The highest BCUT2D eigenvalue weighted by Gasteiger charge is 2.24. The van der Waals surface area contributed by atoms with Crippen LogP contribution in [-0.2, 0) is 23.2 Å². The van der Waals surface area contributed by atoms with Crippen molar-refractivity contribution >= 4 is 22.7 Å². The van der Waals surface area contributed by atoms with E-state index in [4.69, 9.17) is 0 Å². The van der Waals surface area contributed by atoms with E-state index < -0.39 is 0 Å². The first-order valence-corrected chi connectivity index (χ1v) is 14.3. The van der Waals surface area contributed by atoms with Gasteiger partial charge in [0.1, 0.15) is 6.54 Å². The molecular weight excluding hydrogens is 494 g/mol. The molecule has 2 amide bonds. The summed E-state index contributed by atoms with van der Waals surface area (Å²) in [5.74, 6) is 0.110. The number of aromatic amines is 1. The maximum atomic E-state index is 13.9. The average molecular weight is 538 g/mol. The maximum absolute atomic E-state index is 13.9. The second-order valence-electron chi connectivity index (χ2n) is 12.3. The molecule has 210 valence electrons. The minimum Gasteiger partial charge on any atom is -0.361 e. The van der Waals surface area contributed by atoms with Crippen molar-refractivity contribution in [3.05, 3.63) is 107 Å². The number of benzene rings is 3. The third-order valence-electron chi connectivity index (χ3n) is 7.45. The number of nitrogens with one attached hydrogen (secondary N) is 1. The van der Waals surface area contributed by atoms with Crippen LogP contribution in [0.1, 0.15) is 67.2 Å². The van der Waals surface area contributed by atoms with Crippen LogP contribution < -0.4 is 0 Å². The fraction of sp³-hybridized carbons (Fsp3) is 0.371. The summed E-state index contributed by atoms with van der Waals surface area (Å²) in [5.41, 5.74) is 6.27. The number of aryl methyl sites for hydroxylation is 1. The molecule has 0 bridgehead atoms. The van der Waals surface area contributed by atoms with E-state index in [-0.39, 0.29) is 29.7 Å². The number of hydrogen-bond acceptors (Lipinski definition) is 2. The number of rotatable bonds is 10. The van der Waals surface area contributed by atoms with Crippen molar-refractivity contribution in [1.82, 2.24) is 14.8 Å². The number of aromatic nitrogens is 1. The molecule has 40 heavy (non-hydrogen) atoms. The Bertz CT molecular complexity index is 1440. The number of fused-ring (bicyclic) bond motifs is 1. The van der Waals surface area contributed by atoms with Crippen molar-refractivity contribution in [3.63, 3.8) is 0 Å². The average Bonchev–Trinajstić information content (AvgIpc) is 3.33. The smallest absolute Gasteiger partial charge is 0.254 e. The Kier molecular flexibility index (Phi) is 9.14. The predicted octanol–water partition coefficient (Wildman–Crippen LogP) is 7.14. The molecule has 0 aliphatic heterocycles. The van der Waals surface area contributed by atoms with Gasteiger partial charge in [-0.1, -0.05) is 95.3 Å². The highest BCUT2D eigenvalue weighted by Crippen LogP contribution is 2.23. The Morgan fingerprint density at radius 1 is 0.875 bits per heavy atom. The van der Waals surface area contributed by atoms with Gasteiger partial charge in [-0.25, -0.2) is 0 Å².